The van der Waals surface area contributed by atoms with Gasteiger partial charge in [0.05, 0.1) is 31.9 Å². The number of ether oxygens (including phenoxy) is 1. The van der Waals surface area contributed by atoms with Gasteiger partial charge in [0, 0.05) is 16.9 Å². The molecule has 0 bridgehead atoms. The Morgan fingerprint density at radius 1 is 0.854 bits per heavy atom. The van der Waals surface area contributed by atoms with Gasteiger partial charge >= 0.3 is 5.97 Å². The quantitative estimate of drug-likeness (QED) is 0.105. The van der Waals surface area contributed by atoms with E-state index in [1.807, 2.05) is 83.4 Å². The zero-order chi connectivity index (χ0) is 33.0. The van der Waals surface area contributed by atoms with Crippen LogP contribution in [-0.4, -0.2) is 48.5 Å². The number of amides is 1. The van der Waals surface area contributed by atoms with Crippen LogP contribution < -0.4 is 5.32 Å². The van der Waals surface area contributed by atoms with Crippen molar-refractivity contribution in [3.63, 3.8) is 0 Å². The van der Waals surface area contributed by atoms with Crippen molar-refractivity contribution in [1.82, 2.24) is 24.7 Å². The van der Waals surface area contributed by atoms with E-state index in [2.05, 4.69) is 40.6 Å². The standard InChI is InChI=1S/C35H28N6O3S4/c1-21-12-17-27-29(18-21)47-33(37-27)23-13-15-24(16-14-23)36-32(43)22(2)44-31(42)20-45-34-40-39-30(41(34)25-8-4-3-5-9-25)19-46-35-38-26-10-6-7-11-28(26)48-35/h3-18,22H,19-20H2,1-2H3,(H,36,43). The summed E-state index contributed by atoms with van der Waals surface area (Å²) in [5, 5.41) is 13.1. The molecule has 0 saturated heterocycles. The first-order chi connectivity index (χ1) is 23.4. The maximum Gasteiger partial charge on any atom is 0.317 e. The number of aromatic nitrogens is 5. The molecule has 4 aromatic carbocycles. The first-order valence-electron chi connectivity index (χ1n) is 15.0. The molecule has 0 aliphatic carbocycles. The summed E-state index contributed by atoms with van der Waals surface area (Å²) < 4.78 is 10.6. The van der Waals surface area contributed by atoms with Crippen LogP contribution in [0.15, 0.2) is 107 Å². The van der Waals surface area contributed by atoms with E-state index >= 15 is 0 Å². The molecule has 7 rings (SSSR count). The highest BCUT2D eigenvalue weighted by Crippen LogP contribution is 2.33. The van der Waals surface area contributed by atoms with E-state index in [9.17, 15) is 9.59 Å². The fourth-order valence-corrected chi connectivity index (χ4v) is 8.67. The summed E-state index contributed by atoms with van der Waals surface area (Å²) in [5.74, 6) is 0.295. The van der Waals surface area contributed by atoms with Gasteiger partial charge in [0.2, 0.25) is 0 Å². The van der Waals surface area contributed by atoms with Crippen molar-refractivity contribution in [2.24, 2.45) is 0 Å². The molecule has 3 aromatic heterocycles. The lowest BCUT2D eigenvalue weighted by Crippen LogP contribution is -2.30. The number of aryl methyl sites for hydroxylation is 1. The lowest BCUT2D eigenvalue weighted by atomic mass is 10.2. The monoisotopic (exact) mass is 708 g/mol. The number of hydrogen-bond acceptors (Lipinski definition) is 11. The SMILES string of the molecule is Cc1ccc2nc(-c3ccc(NC(=O)C(C)OC(=O)CSc4nnc(CSc5nc6ccccc6s5)n4-c4ccccc4)cc3)sc2c1. The third-order valence-corrected chi connectivity index (χ3v) is 11.4. The average Bonchev–Trinajstić information content (AvgIpc) is 3.83. The van der Waals surface area contributed by atoms with Crippen LogP contribution in [0, 0.1) is 6.92 Å². The molecule has 0 spiro atoms. The zero-order valence-electron chi connectivity index (χ0n) is 25.8. The normalized spacial score (nSPS) is 12.0. The molecule has 13 heteroatoms. The predicted molar refractivity (Wildman–Crippen MR) is 195 cm³/mol. The number of nitrogens with one attached hydrogen (secondary N) is 1. The van der Waals surface area contributed by atoms with Crippen molar-refractivity contribution in [2.45, 2.75) is 35.2 Å². The van der Waals surface area contributed by atoms with Gasteiger partial charge in [-0.15, -0.1) is 32.9 Å². The largest absolute Gasteiger partial charge is 0.452 e. The summed E-state index contributed by atoms with van der Waals surface area (Å²) in [6.07, 6.45) is -0.988. The van der Waals surface area contributed by atoms with Crippen LogP contribution in [-0.2, 0) is 20.1 Å². The summed E-state index contributed by atoms with van der Waals surface area (Å²) in [5.41, 5.74) is 5.58. The summed E-state index contributed by atoms with van der Waals surface area (Å²) in [6, 6.07) is 31.5. The second kappa shape index (κ2) is 14.3. The topological polar surface area (TPSA) is 112 Å². The number of esters is 1. The van der Waals surface area contributed by atoms with Crippen LogP contribution >= 0.6 is 46.2 Å². The third kappa shape index (κ3) is 7.29. The van der Waals surface area contributed by atoms with Crippen molar-refractivity contribution in [1.29, 1.82) is 0 Å². The molecule has 1 unspecified atom stereocenters. The summed E-state index contributed by atoms with van der Waals surface area (Å²) in [7, 11) is 0. The van der Waals surface area contributed by atoms with Crippen LogP contribution in [0.3, 0.4) is 0 Å². The smallest absolute Gasteiger partial charge is 0.317 e. The van der Waals surface area contributed by atoms with E-state index in [4.69, 9.17) is 14.7 Å². The van der Waals surface area contributed by atoms with E-state index in [1.165, 1.54) is 17.3 Å². The second-order valence-corrected chi connectivity index (χ2v) is 15.0. The number of carbonyl (C=O) groups is 2. The molecule has 9 nitrogen and oxygen atoms in total. The van der Waals surface area contributed by atoms with E-state index < -0.39 is 18.0 Å². The minimum atomic E-state index is -0.988. The highest BCUT2D eigenvalue weighted by Gasteiger charge is 2.21. The number of thioether (sulfide) groups is 2. The predicted octanol–water partition coefficient (Wildman–Crippen LogP) is 8.42. The number of carbonyl (C=O) groups excluding carboxylic acids is 2. The van der Waals surface area contributed by atoms with E-state index in [1.54, 1.807) is 41.4 Å². The maximum absolute atomic E-state index is 12.9. The second-order valence-electron chi connectivity index (χ2n) is 10.8. The maximum atomic E-state index is 12.9. The van der Waals surface area contributed by atoms with Crippen LogP contribution in [0.1, 0.15) is 18.3 Å². The third-order valence-electron chi connectivity index (χ3n) is 7.25. The molecular formula is C35H28N6O3S4. The number of para-hydroxylation sites is 2. The Balaban J connectivity index is 0.955. The van der Waals surface area contributed by atoms with Crippen molar-refractivity contribution in [3.05, 3.63) is 108 Å². The average molecular weight is 709 g/mol. The molecule has 0 aliphatic heterocycles. The molecular weight excluding hydrogens is 681 g/mol. The van der Waals surface area contributed by atoms with Gasteiger partial charge in [0.1, 0.15) is 10.8 Å². The summed E-state index contributed by atoms with van der Waals surface area (Å²) >= 11 is 6.08. The minimum absolute atomic E-state index is 0.0377. The van der Waals surface area contributed by atoms with Crippen LogP contribution in [0.25, 0.3) is 36.7 Å². The number of hydrogen-bond donors (Lipinski definition) is 1. The Bertz CT molecular complexity index is 2200. The fourth-order valence-electron chi connectivity index (χ4n) is 4.87. The Morgan fingerprint density at radius 3 is 2.44 bits per heavy atom. The first-order valence-corrected chi connectivity index (χ1v) is 18.6. The van der Waals surface area contributed by atoms with E-state index in [-0.39, 0.29) is 5.75 Å². The molecule has 3 heterocycles. The Hall–Kier alpha value is -4.56. The fraction of sp³-hybridized carbons (Fsp3) is 0.143. The molecule has 240 valence electrons. The van der Waals surface area contributed by atoms with Gasteiger partial charge in [-0.1, -0.05) is 59.9 Å². The van der Waals surface area contributed by atoms with Gasteiger partial charge in [0.15, 0.2) is 15.6 Å². The van der Waals surface area contributed by atoms with Crippen molar-refractivity contribution in [3.8, 4) is 16.3 Å². The number of anilines is 1. The molecule has 7 aromatic rings. The van der Waals surface area contributed by atoms with E-state index in [0.717, 1.165) is 46.9 Å². The number of benzene rings is 4. The number of fused-ring (bicyclic) bond motifs is 2. The zero-order valence-corrected chi connectivity index (χ0v) is 29.1. The van der Waals surface area contributed by atoms with Crippen molar-refractivity contribution in [2.75, 3.05) is 11.1 Å². The minimum Gasteiger partial charge on any atom is -0.452 e. The number of thiazole rings is 2. The molecule has 1 atom stereocenters. The lowest BCUT2D eigenvalue weighted by molar-refractivity contribution is -0.150. The van der Waals surface area contributed by atoms with Gasteiger partial charge < -0.3 is 10.1 Å². The number of nitrogens with zero attached hydrogens (tertiary/aromatic N) is 5. The highest BCUT2D eigenvalue weighted by atomic mass is 32.2. The summed E-state index contributed by atoms with van der Waals surface area (Å²) in [6.45, 7) is 3.62. The summed E-state index contributed by atoms with van der Waals surface area (Å²) in [4.78, 5) is 35.1. The lowest BCUT2D eigenvalue weighted by Gasteiger charge is -2.14. The van der Waals surface area contributed by atoms with Gasteiger partial charge in [-0.05, 0) is 80.1 Å². The van der Waals surface area contributed by atoms with Gasteiger partial charge in [-0.25, -0.2) is 9.97 Å². The molecule has 0 aliphatic rings. The molecule has 1 N–H and O–H groups in total. The molecule has 0 radical (unpaired) electrons. The van der Waals surface area contributed by atoms with Crippen LogP contribution in [0.5, 0.6) is 0 Å². The van der Waals surface area contributed by atoms with Crippen molar-refractivity contribution >= 4 is 84.2 Å². The molecule has 0 saturated carbocycles. The molecule has 48 heavy (non-hydrogen) atoms. The van der Waals surface area contributed by atoms with Crippen LogP contribution in [0.2, 0.25) is 0 Å². The number of rotatable bonds is 11. The molecule has 1 amide bonds. The van der Waals surface area contributed by atoms with Gasteiger partial charge in [-0.3, -0.25) is 14.2 Å². The van der Waals surface area contributed by atoms with Gasteiger partial charge in [0.25, 0.3) is 5.91 Å². The molecule has 0 fully saturated rings. The van der Waals surface area contributed by atoms with Crippen molar-refractivity contribution < 1.29 is 14.3 Å². The van der Waals surface area contributed by atoms with E-state index in [0.29, 0.717) is 16.6 Å². The Labute approximate surface area is 292 Å². The highest BCUT2D eigenvalue weighted by molar-refractivity contribution is 8.00. The van der Waals surface area contributed by atoms with Gasteiger partial charge in [-0.2, -0.15) is 0 Å². The first kappa shape index (κ1) is 32.0. The Morgan fingerprint density at radius 2 is 1.62 bits per heavy atom. The van der Waals surface area contributed by atoms with Crippen LogP contribution in [0.4, 0.5) is 5.69 Å². The Kier molecular flexibility index (Phi) is 9.52.